The van der Waals surface area contributed by atoms with Crippen molar-refractivity contribution in [3.63, 3.8) is 0 Å². The number of thioether (sulfide) groups is 1. The minimum atomic E-state index is -0.917. The maximum absolute atomic E-state index is 11.2. The van der Waals surface area contributed by atoms with Crippen molar-refractivity contribution < 1.29 is 14.6 Å². The van der Waals surface area contributed by atoms with Crippen LogP contribution < -0.4 is 0 Å². The molecule has 1 saturated heterocycles. The lowest BCUT2D eigenvalue weighted by molar-refractivity contribution is -0.155. The molecule has 0 amide bonds. The van der Waals surface area contributed by atoms with E-state index in [4.69, 9.17) is 4.74 Å². The topological polar surface area (TPSA) is 46.5 Å². The van der Waals surface area contributed by atoms with Gasteiger partial charge in [0.2, 0.25) is 6.29 Å². The van der Waals surface area contributed by atoms with E-state index in [1.807, 2.05) is 20.1 Å². The molecule has 70 valence electrons. The number of hydrogen-bond acceptors (Lipinski definition) is 4. The Balaban J connectivity index is 2.75. The first-order chi connectivity index (χ1) is 5.57. The second kappa shape index (κ2) is 3.66. The predicted molar refractivity (Wildman–Crippen MR) is 47.7 cm³/mol. The van der Waals surface area contributed by atoms with Gasteiger partial charge in [0.15, 0.2) is 0 Å². The highest BCUT2D eigenvalue weighted by Gasteiger charge is 2.44. The van der Waals surface area contributed by atoms with E-state index in [2.05, 4.69) is 0 Å². The lowest BCUT2D eigenvalue weighted by atomic mass is 9.94. The van der Waals surface area contributed by atoms with Gasteiger partial charge in [-0.25, -0.2) is 0 Å². The number of esters is 1. The third-order valence-corrected chi connectivity index (χ3v) is 3.20. The third kappa shape index (κ3) is 1.59. The van der Waals surface area contributed by atoms with Gasteiger partial charge < -0.3 is 9.84 Å². The monoisotopic (exact) mass is 190 g/mol. The molecule has 0 aromatic carbocycles. The lowest BCUT2D eigenvalue weighted by Crippen LogP contribution is -2.27. The van der Waals surface area contributed by atoms with Crippen molar-refractivity contribution in [2.24, 2.45) is 11.8 Å². The minimum Gasteiger partial charge on any atom is -0.434 e. The van der Waals surface area contributed by atoms with Crippen molar-refractivity contribution >= 4 is 17.7 Å². The van der Waals surface area contributed by atoms with Gasteiger partial charge in [0.05, 0.1) is 11.2 Å². The number of hydrogen-bond donors (Lipinski definition) is 1. The number of cyclic esters (lactones) is 1. The van der Waals surface area contributed by atoms with Crippen LogP contribution in [0, 0.1) is 11.8 Å². The molecular formula is C8H14O3S. The molecule has 4 heteroatoms. The average Bonchev–Trinajstić information content (AvgIpc) is 2.24. The van der Waals surface area contributed by atoms with Gasteiger partial charge in [-0.3, -0.25) is 4.79 Å². The van der Waals surface area contributed by atoms with Gasteiger partial charge >= 0.3 is 5.97 Å². The van der Waals surface area contributed by atoms with Crippen LogP contribution in [0.15, 0.2) is 0 Å². The summed E-state index contributed by atoms with van der Waals surface area (Å²) in [7, 11) is 0. The molecule has 1 fully saturated rings. The van der Waals surface area contributed by atoms with Gasteiger partial charge in [0, 0.05) is 0 Å². The molecule has 0 bridgehead atoms. The summed E-state index contributed by atoms with van der Waals surface area (Å²) in [5.41, 5.74) is 0. The number of carbonyl (C=O) groups is 1. The van der Waals surface area contributed by atoms with Crippen LogP contribution in [0.1, 0.15) is 13.8 Å². The summed E-state index contributed by atoms with van der Waals surface area (Å²) in [6.45, 7) is 3.93. The lowest BCUT2D eigenvalue weighted by Gasteiger charge is -2.17. The molecule has 0 spiro atoms. The zero-order valence-corrected chi connectivity index (χ0v) is 8.30. The van der Waals surface area contributed by atoms with Crippen molar-refractivity contribution in [1.82, 2.24) is 0 Å². The zero-order chi connectivity index (χ0) is 9.30. The third-order valence-electron chi connectivity index (χ3n) is 2.13. The summed E-state index contributed by atoms with van der Waals surface area (Å²) in [5.74, 6) is -0.195. The molecule has 0 saturated carbocycles. The smallest absolute Gasteiger partial charge is 0.312 e. The molecule has 3 unspecified atom stereocenters. The fourth-order valence-corrected chi connectivity index (χ4v) is 2.50. The molecular weight excluding hydrogens is 176 g/mol. The second-order valence-corrected chi connectivity index (χ2v) is 4.31. The van der Waals surface area contributed by atoms with Gasteiger partial charge in [-0.15, -0.1) is 0 Å². The second-order valence-electron chi connectivity index (χ2n) is 3.30. The van der Waals surface area contributed by atoms with E-state index in [1.165, 1.54) is 11.8 Å². The summed E-state index contributed by atoms with van der Waals surface area (Å²) in [5, 5.41) is 9.22. The van der Waals surface area contributed by atoms with Crippen LogP contribution in [-0.2, 0) is 9.53 Å². The largest absolute Gasteiger partial charge is 0.434 e. The van der Waals surface area contributed by atoms with Gasteiger partial charge in [-0.2, -0.15) is 11.8 Å². The Bertz CT molecular complexity index is 181. The Labute approximate surface area is 76.5 Å². The number of ether oxygens (including phenoxy) is 1. The molecule has 0 aliphatic carbocycles. The fraction of sp³-hybridized carbons (Fsp3) is 0.875. The number of aliphatic hydroxyl groups is 1. The molecule has 3 atom stereocenters. The maximum atomic E-state index is 11.2. The molecule has 3 nitrogen and oxygen atoms in total. The molecule has 0 aromatic rings. The Kier molecular flexibility index (Phi) is 3.01. The summed E-state index contributed by atoms with van der Waals surface area (Å²) in [6.07, 6.45) is 0.963. The van der Waals surface area contributed by atoms with Crippen LogP contribution in [0.3, 0.4) is 0 Å². The van der Waals surface area contributed by atoms with E-state index in [-0.39, 0.29) is 23.1 Å². The van der Waals surface area contributed by atoms with Gasteiger partial charge in [-0.1, -0.05) is 13.8 Å². The van der Waals surface area contributed by atoms with E-state index in [9.17, 15) is 9.90 Å². The number of rotatable bonds is 2. The minimum absolute atomic E-state index is 0.0995. The Morgan fingerprint density at radius 1 is 1.58 bits per heavy atom. The van der Waals surface area contributed by atoms with Gasteiger partial charge in [0.1, 0.15) is 0 Å². The molecule has 1 rings (SSSR count). The molecule has 1 N–H and O–H groups in total. The zero-order valence-electron chi connectivity index (χ0n) is 7.48. The molecule has 1 aliphatic heterocycles. The van der Waals surface area contributed by atoms with Crippen molar-refractivity contribution in [2.75, 3.05) is 6.26 Å². The molecule has 12 heavy (non-hydrogen) atoms. The predicted octanol–water partition coefficient (Wildman–Crippen LogP) is 0.865. The van der Waals surface area contributed by atoms with Gasteiger partial charge in [0.25, 0.3) is 0 Å². The summed E-state index contributed by atoms with van der Waals surface area (Å²) in [4.78, 5) is 11.2. The summed E-state index contributed by atoms with van der Waals surface area (Å²) >= 11 is 1.48. The highest BCUT2D eigenvalue weighted by Crippen LogP contribution is 2.34. The molecule has 1 aliphatic rings. The number of carbonyl (C=O) groups excluding carboxylic acids is 1. The highest BCUT2D eigenvalue weighted by molar-refractivity contribution is 7.99. The van der Waals surface area contributed by atoms with E-state index in [0.29, 0.717) is 0 Å². The fourth-order valence-electron chi connectivity index (χ4n) is 1.49. The van der Waals surface area contributed by atoms with Crippen LogP contribution >= 0.6 is 11.8 Å². The quantitative estimate of drug-likeness (QED) is 0.656. The van der Waals surface area contributed by atoms with Crippen LogP contribution in [0.5, 0.6) is 0 Å². The molecule has 0 aromatic heterocycles. The maximum Gasteiger partial charge on any atom is 0.312 e. The molecule has 0 radical (unpaired) electrons. The van der Waals surface area contributed by atoms with E-state index < -0.39 is 6.29 Å². The van der Waals surface area contributed by atoms with Crippen LogP contribution in [0.2, 0.25) is 0 Å². The van der Waals surface area contributed by atoms with E-state index in [1.54, 1.807) is 0 Å². The average molecular weight is 190 g/mol. The molecule has 1 heterocycles. The van der Waals surface area contributed by atoms with E-state index >= 15 is 0 Å². The highest BCUT2D eigenvalue weighted by atomic mass is 32.2. The van der Waals surface area contributed by atoms with Crippen molar-refractivity contribution in [3.05, 3.63) is 0 Å². The van der Waals surface area contributed by atoms with Crippen molar-refractivity contribution in [2.45, 2.75) is 25.4 Å². The Morgan fingerprint density at radius 3 is 2.50 bits per heavy atom. The first-order valence-electron chi connectivity index (χ1n) is 3.99. The van der Waals surface area contributed by atoms with Crippen molar-refractivity contribution in [1.29, 1.82) is 0 Å². The first-order valence-corrected chi connectivity index (χ1v) is 5.28. The van der Waals surface area contributed by atoms with Crippen LogP contribution in [-0.4, -0.2) is 28.9 Å². The SMILES string of the molecule is CSC1C(O)OC(=O)C1C(C)C. The van der Waals surface area contributed by atoms with Crippen molar-refractivity contribution in [3.8, 4) is 0 Å². The Hall–Kier alpha value is -0.220. The Morgan fingerprint density at radius 2 is 2.17 bits per heavy atom. The standard InChI is InChI=1S/C8H14O3S/c1-4(2)5-6(12-3)8(10)11-7(5)9/h4-6,8,10H,1-3H3. The van der Waals surface area contributed by atoms with Crippen LogP contribution in [0.4, 0.5) is 0 Å². The number of aliphatic hydroxyl groups excluding tert-OH is 1. The normalized spacial score (nSPS) is 35.8. The van der Waals surface area contributed by atoms with E-state index in [0.717, 1.165) is 0 Å². The first kappa shape index (κ1) is 9.86. The van der Waals surface area contributed by atoms with Crippen LogP contribution in [0.25, 0.3) is 0 Å². The summed E-state index contributed by atoms with van der Waals surface area (Å²) in [6, 6.07) is 0. The summed E-state index contributed by atoms with van der Waals surface area (Å²) < 4.78 is 4.73. The van der Waals surface area contributed by atoms with Gasteiger partial charge in [-0.05, 0) is 12.2 Å².